The van der Waals surface area contributed by atoms with Gasteiger partial charge < -0.3 is 24.7 Å². The molecule has 4 rings (SSSR count). The summed E-state index contributed by atoms with van der Waals surface area (Å²) in [5, 5.41) is 2.94. The molecular formula is C22H23FN4O5. The van der Waals surface area contributed by atoms with E-state index in [9.17, 15) is 18.8 Å². The van der Waals surface area contributed by atoms with E-state index in [0.717, 1.165) is 10.6 Å². The average Bonchev–Trinajstić information content (AvgIpc) is 2.80. The molecule has 2 aromatic carbocycles. The van der Waals surface area contributed by atoms with Crippen LogP contribution in [0.1, 0.15) is 18.9 Å². The second-order valence-corrected chi connectivity index (χ2v) is 7.48. The maximum absolute atomic E-state index is 13.6. The lowest BCUT2D eigenvalue weighted by Crippen LogP contribution is -2.46. The van der Waals surface area contributed by atoms with E-state index in [1.54, 1.807) is 23.1 Å². The van der Waals surface area contributed by atoms with Crippen molar-refractivity contribution in [3.8, 4) is 11.5 Å². The maximum Gasteiger partial charge on any atom is 0.329 e. The largest absolute Gasteiger partial charge is 0.493 e. The number of nitrogens with zero attached hydrogens (tertiary/aromatic N) is 2. The number of benzene rings is 2. The summed E-state index contributed by atoms with van der Waals surface area (Å²) in [5.74, 6) is 0.364. The lowest BCUT2D eigenvalue weighted by Gasteiger charge is -2.32. The minimum absolute atomic E-state index is 0.120. The summed E-state index contributed by atoms with van der Waals surface area (Å²) in [6.45, 7) is 0.686. The number of nitrogens with one attached hydrogen (secondary N) is 2. The molecule has 1 aromatic heterocycles. The van der Waals surface area contributed by atoms with Crippen LogP contribution in [-0.4, -0.2) is 47.8 Å². The first-order valence-electron chi connectivity index (χ1n) is 10.1. The van der Waals surface area contributed by atoms with Gasteiger partial charge in [-0.3, -0.25) is 9.36 Å². The van der Waals surface area contributed by atoms with E-state index in [-0.39, 0.29) is 11.4 Å². The van der Waals surface area contributed by atoms with Crippen molar-refractivity contribution < 1.29 is 18.7 Å². The molecule has 2 heterocycles. The molecule has 0 radical (unpaired) electrons. The predicted molar refractivity (Wildman–Crippen MR) is 117 cm³/mol. The zero-order valence-electron chi connectivity index (χ0n) is 17.7. The van der Waals surface area contributed by atoms with Crippen LogP contribution in [0.25, 0.3) is 10.9 Å². The molecule has 3 aromatic rings. The van der Waals surface area contributed by atoms with Crippen molar-refractivity contribution >= 4 is 22.6 Å². The molecule has 0 aliphatic carbocycles. The van der Waals surface area contributed by atoms with Crippen molar-refractivity contribution in [1.82, 2.24) is 14.5 Å². The number of anilines is 1. The molecule has 0 spiro atoms. The number of aromatic amines is 1. The topological polar surface area (TPSA) is 106 Å². The zero-order valence-corrected chi connectivity index (χ0v) is 17.7. The van der Waals surface area contributed by atoms with E-state index in [1.807, 2.05) is 0 Å². The van der Waals surface area contributed by atoms with Crippen LogP contribution >= 0.6 is 0 Å². The van der Waals surface area contributed by atoms with Crippen LogP contribution in [0, 0.1) is 5.82 Å². The summed E-state index contributed by atoms with van der Waals surface area (Å²) in [5.41, 5.74) is -0.310. The summed E-state index contributed by atoms with van der Waals surface area (Å²) in [6.07, 6.45) is 0.818. The predicted octanol–water partition coefficient (Wildman–Crippen LogP) is 2.72. The summed E-state index contributed by atoms with van der Waals surface area (Å²) in [4.78, 5) is 42.4. The van der Waals surface area contributed by atoms with Crippen LogP contribution in [0.3, 0.4) is 0 Å². The Bertz CT molecular complexity index is 1280. The van der Waals surface area contributed by atoms with Crippen LogP contribution in [0.4, 0.5) is 14.9 Å². The van der Waals surface area contributed by atoms with Crippen molar-refractivity contribution in [3.05, 3.63) is 63.1 Å². The fourth-order valence-electron chi connectivity index (χ4n) is 4.04. The fourth-order valence-corrected chi connectivity index (χ4v) is 4.04. The minimum atomic E-state index is -0.548. The number of ether oxygens (including phenoxy) is 2. The van der Waals surface area contributed by atoms with Crippen LogP contribution in [0.15, 0.2) is 46.0 Å². The number of piperidine rings is 1. The molecular weight excluding hydrogens is 419 g/mol. The number of likely N-dealkylation sites (tertiary alicyclic amines) is 1. The molecule has 1 saturated heterocycles. The molecule has 10 heteroatoms. The number of carbonyl (C=O) groups excluding carboxylic acids is 1. The summed E-state index contributed by atoms with van der Waals surface area (Å²) in [7, 11) is 3.00. The number of H-pyrrole nitrogens is 1. The summed E-state index contributed by atoms with van der Waals surface area (Å²) < 4.78 is 25.3. The smallest absolute Gasteiger partial charge is 0.329 e. The number of rotatable bonds is 4. The second-order valence-electron chi connectivity index (χ2n) is 7.48. The van der Waals surface area contributed by atoms with E-state index in [1.165, 1.54) is 26.4 Å². The number of aromatic nitrogens is 2. The molecule has 0 saturated carbocycles. The Hall–Kier alpha value is -3.82. The van der Waals surface area contributed by atoms with Crippen molar-refractivity contribution in [2.75, 3.05) is 32.6 Å². The van der Waals surface area contributed by atoms with E-state index in [0.29, 0.717) is 48.6 Å². The average molecular weight is 442 g/mol. The van der Waals surface area contributed by atoms with Gasteiger partial charge in [0, 0.05) is 19.1 Å². The van der Waals surface area contributed by atoms with Gasteiger partial charge in [-0.2, -0.15) is 0 Å². The highest BCUT2D eigenvalue weighted by Gasteiger charge is 2.27. The Balaban J connectivity index is 1.50. The lowest BCUT2D eigenvalue weighted by atomic mass is 10.0. The van der Waals surface area contributed by atoms with Gasteiger partial charge in [0.25, 0.3) is 5.56 Å². The highest BCUT2D eigenvalue weighted by Crippen LogP contribution is 2.35. The molecule has 168 valence electrons. The molecule has 2 amide bonds. The maximum atomic E-state index is 13.6. The third kappa shape index (κ3) is 3.91. The number of carbonyl (C=O) groups is 1. The number of amides is 2. The van der Waals surface area contributed by atoms with Crippen molar-refractivity contribution in [1.29, 1.82) is 0 Å². The minimum Gasteiger partial charge on any atom is -0.493 e. The zero-order chi connectivity index (χ0) is 22.8. The van der Waals surface area contributed by atoms with Crippen LogP contribution < -0.4 is 26.0 Å². The number of methoxy groups -OCH3 is 2. The third-order valence-electron chi connectivity index (χ3n) is 5.65. The molecule has 1 aliphatic rings. The highest BCUT2D eigenvalue weighted by atomic mass is 19.1. The molecule has 1 fully saturated rings. The Morgan fingerprint density at radius 1 is 1.12 bits per heavy atom. The van der Waals surface area contributed by atoms with Gasteiger partial charge in [-0.05, 0) is 43.2 Å². The SMILES string of the molecule is COc1cccc(NC(=O)N2CCC(n3c(=O)[nH]c4ccc(F)cc4c3=O)CC2)c1OC. The first-order valence-corrected chi connectivity index (χ1v) is 10.1. The standard InChI is InChI=1S/C22H23FN4O5/c1-31-18-5-3-4-17(19(18)32-2)25-21(29)26-10-8-14(9-11-26)27-20(28)15-12-13(23)6-7-16(15)24-22(27)30/h3-7,12,14H,8-11H2,1-2H3,(H,24,30)(H,25,29). The van der Waals surface area contributed by atoms with E-state index in [4.69, 9.17) is 9.47 Å². The van der Waals surface area contributed by atoms with E-state index >= 15 is 0 Å². The fraction of sp³-hybridized carbons (Fsp3) is 0.318. The quantitative estimate of drug-likeness (QED) is 0.646. The Morgan fingerprint density at radius 3 is 2.56 bits per heavy atom. The Morgan fingerprint density at radius 2 is 1.88 bits per heavy atom. The molecule has 0 atom stereocenters. The van der Waals surface area contributed by atoms with E-state index < -0.39 is 23.1 Å². The summed E-state index contributed by atoms with van der Waals surface area (Å²) >= 11 is 0. The number of urea groups is 1. The van der Waals surface area contributed by atoms with Crippen molar-refractivity contribution in [2.45, 2.75) is 18.9 Å². The van der Waals surface area contributed by atoms with Gasteiger partial charge in [-0.15, -0.1) is 0 Å². The van der Waals surface area contributed by atoms with Crippen molar-refractivity contribution in [3.63, 3.8) is 0 Å². The van der Waals surface area contributed by atoms with Gasteiger partial charge in [0.1, 0.15) is 5.82 Å². The monoisotopic (exact) mass is 442 g/mol. The van der Waals surface area contributed by atoms with Crippen LogP contribution in [0.2, 0.25) is 0 Å². The normalized spacial score (nSPS) is 14.4. The van der Waals surface area contributed by atoms with E-state index in [2.05, 4.69) is 10.3 Å². The van der Waals surface area contributed by atoms with Gasteiger partial charge in [0.2, 0.25) is 0 Å². The van der Waals surface area contributed by atoms with Crippen LogP contribution in [-0.2, 0) is 0 Å². The third-order valence-corrected chi connectivity index (χ3v) is 5.65. The molecule has 9 nitrogen and oxygen atoms in total. The first kappa shape index (κ1) is 21.4. The Labute approximate surface area is 182 Å². The number of halogens is 1. The molecule has 1 aliphatic heterocycles. The Kier molecular flexibility index (Phi) is 5.85. The van der Waals surface area contributed by atoms with Gasteiger partial charge in [-0.1, -0.05) is 6.07 Å². The number of hydrogen-bond donors (Lipinski definition) is 2. The first-order chi connectivity index (χ1) is 15.4. The number of fused-ring (bicyclic) bond motifs is 1. The molecule has 0 bridgehead atoms. The van der Waals surface area contributed by atoms with Gasteiger partial charge in [0.05, 0.1) is 30.8 Å². The molecule has 2 N–H and O–H groups in total. The lowest BCUT2D eigenvalue weighted by molar-refractivity contribution is 0.181. The summed E-state index contributed by atoms with van der Waals surface area (Å²) in [6, 6.07) is 8.14. The van der Waals surface area contributed by atoms with Crippen LogP contribution in [0.5, 0.6) is 11.5 Å². The highest BCUT2D eigenvalue weighted by molar-refractivity contribution is 5.91. The number of hydrogen-bond acceptors (Lipinski definition) is 5. The van der Waals surface area contributed by atoms with Gasteiger partial charge >= 0.3 is 11.7 Å². The number of para-hydroxylation sites is 1. The van der Waals surface area contributed by atoms with Gasteiger partial charge in [-0.25, -0.2) is 14.0 Å². The second kappa shape index (κ2) is 8.74. The molecule has 32 heavy (non-hydrogen) atoms. The molecule has 0 unspecified atom stereocenters. The van der Waals surface area contributed by atoms with Crippen molar-refractivity contribution in [2.24, 2.45) is 0 Å². The van der Waals surface area contributed by atoms with Gasteiger partial charge in [0.15, 0.2) is 11.5 Å².